The van der Waals surface area contributed by atoms with Crippen LogP contribution in [0.3, 0.4) is 0 Å². The average molecular weight is 463 g/mol. The van der Waals surface area contributed by atoms with Gasteiger partial charge < -0.3 is 10.1 Å². The van der Waals surface area contributed by atoms with E-state index in [1.807, 2.05) is 36.4 Å². The van der Waals surface area contributed by atoms with E-state index in [-0.39, 0.29) is 18.0 Å². The quantitative estimate of drug-likeness (QED) is 0.360. The smallest absolute Gasteiger partial charge is 0.337 e. The van der Waals surface area contributed by atoms with Crippen LogP contribution in [0.1, 0.15) is 21.5 Å². The van der Waals surface area contributed by atoms with Gasteiger partial charge in [-0.25, -0.2) is 9.48 Å². The molecule has 0 bridgehead atoms. The number of carbonyl (C=O) groups excluding carboxylic acids is 2. The fourth-order valence-electron chi connectivity index (χ4n) is 3.32. The van der Waals surface area contributed by atoms with Crippen molar-refractivity contribution in [3.8, 4) is 23.1 Å². The largest absolute Gasteiger partial charge is 0.465 e. The van der Waals surface area contributed by atoms with Gasteiger partial charge in [0, 0.05) is 28.4 Å². The van der Waals surface area contributed by atoms with E-state index in [1.165, 1.54) is 13.2 Å². The van der Waals surface area contributed by atoms with E-state index in [4.69, 9.17) is 4.74 Å². The Bertz CT molecular complexity index is 1500. The Hall–Kier alpha value is -4.96. The van der Waals surface area contributed by atoms with E-state index >= 15 is 0 Å². The van der Waals surface area contributed by atoms with Crippen LogP contribution in [0.5, 0.6) is 0 Å². The van der Waals surface area contributed by atoms with Crippen molar-refractivity contribution in [2.75, 3.05) is 12.4 Å². The van der Waals surface area contributed by atoms with Crippen molar-refractivity contribution >= 4 is 17.6 Å². The number of rotatable bonds is 5. The Kier molecular flexibility index (Phi) is 7.14. The number of nitrogens with zero attached hydrogens (tertiary/aromatic N) is 2. The van der Waals surface area contributed by atoms with E-state index in [9.17, 15) is 14.4 Å². The maximum Gasteiger partial charge on any atom is 0.337 e. The molecule has 0 atom stereocenters. The van der Waals surface area contributed by atoms with Crippen molar-refractivity contribution in [3.05, 3.63) is 118 Å². The predicted molar refractivity (Wildman–Crippen MR) is 133 cm³/mol. The molecule has 1 aromatic heterocycles. The van der Waals surface area contributed by atoms with Crippen LogP contribution in [0.15, 0.2) is 95.8 Å². The molecular weight excluding hydrogens is 442 g/mol. The topological polar surface area (TPSA) is 90.3 Å². The molecule has 7 heteroatoms. The first-order valence-corrected chi connectivity index (χ1v) is 10.8. The number of amides is 1. The first-order chi connectivity index (χ1) is 17.0. The highest BCUT2D eigenvalue weighted by Gasteiger charge is 2.09. The lowest BCUT2D eigenvalue weighted by atomic mass is 10.1. The third-order valence-corrected chi connectivity index (χ3v) is 5.01. The third-order valence-electron chi connectivity index (χ3n) is 5.01. The number of hydrogen-bond donors (Lipinski definition) is 1. The molecule has 35 heavy (non-hydrogen) atoms. The molecule has 3 aromatic carbocycles. The molecule has 0 aliphatic heterocycles. The molecular formula is C28H21N3O4. The van der Waals surface area contributed by atoms with Crippen LogP contribution in [0.25, 0.3) is 11.3 Å². The summed E-state index contributed by atoms with van der Waals surface area (Å²) < 4.78 is 5.87. The normalized spacial score (nSPS) is 10.1. The molecule has 0 aliphatic carbocycles. The number of methoxy groups -OCH3 is 1. The summed E-state index contributed by atoms with van der Waals surface area (Å²) in [7, 11) is 1.33. The van der Waals surface area contributed by atoms with E-state index in [1.54, 1.807) is 48.5 Å². The van der Waals surface area contributed by atoms with Crippen LogP contribution in [-0.2, 0) is 16.1 Å². The number of anilines is 1. The lowest BCUT2D eigenvalue weighted by Gasteiger charge is -2.08. The predicted octanol–water partition coefficient (Wildman–Crippen LogP) is 3.74. The second-order valence-corrected chi connectivity index (χ2v) is 7.53. The molecule has 0 radical (unpaired) electrons. The van der Waals surface area contributed by atoms with Gasteiger partial charge in [0.05, 0.1) is 18.4 Å². The Labute approximate surface area is 202 Å². The third kappa shape index (κ3) is 6.09. The number of esters is 1. The molecule has 1 N–H and O–H groups in total. The molecule has 4 aromatic rings. The zero-order valence-electron chi connectivity index (χ0n) is 18.9. The summed E-state index contributed by atoms with van der Waals surface area (Å²) in [5.41, 5.74) is 3.38. The summed E-state index contributed by atoms with van der Waals surface area (Å²) in [6.07, 6.45) is 0. The van der Waals surface area contributed by atoms with E-state index in [0.717, 1.165) is 10.2 Å². The van der Waals surface area contributed by atoms with Crippen LogP contribution in [0, 0.1) is 11.8 Å². The number of aromatic nitrogens is 2. The lowest BCUT2D eigenvalue weighted by molar-refractivity contribution is -0.117. The fourth-order valence-corrected chi connectivity index (χ4v) is 3.32. The fraction of sp³-hybridized carbons (Fsp3) is 0.0714. The molecule has 0 spiro atoms. The maximum atomic E-state index is 12.6. The van der Waals surface area contributed by atoms with Gasteiger partial charge in [-0.15, -0.1) is 0 Å². The molecule has 0 fully saturated rings. The lowest BCUT2D eigenvalue weighted by Crippen LogP contribution is -2.29. The van der Waals surface area contributed by atoms with E-state index < -0.39 is 5.97 Å². The molecule has 1 amide bonds. The molecule has 0 saturated heterocycles. The minimum atomic E-state index is -0.429. The first-order valence-electron chi connectivity index (χ1n) is 10.8. The van der Waals surface area contributed by atoms with Gasteiger partial charge in [0.2, 0.25) is 5.91 Å². The number of ether oxygens (including phenoxy) is 1. The number of carbonyl (C=O) groups is 2. The minimum Gasteiger partial charge on any atom is -0.465 e. The van der Waals surface area contributed by atoms with E-state index in [2.05, 4.69) is 22.3 Å². The molecule has 4 rings (SSSR count). The van der Waals surface area contributed by atoms with Crippen LogP contribution < -0.4 is 10.9 Å². The Morgan fingerprint density at radius 3 is 2.34 bits per heavy atom. The van der Waals surface area contributed by atoms with Crippen molar-refractivity contribution in [1.82, 2.24) is 9.78 Å². The van der Waals surface area contributed by atoms with Crippen molar-refractivity contribution < 1.29 is 14.3 Å². The van der Waals surface area contributed by atoms with Crippen LogP contribution >= 0.6 is 0 Å². The maximum absolute atomic E-state index is 12.6. The second-order valence-electron chi connectivity index (χ2n) is 7.53. The van der Waals surface area contributed by atoms with Crippen LogP contribution in [-0.4, -0.2) is 28.8 Å². The summed E-state index contributed by atoms with van der Waals surface area (Å²) in [5.74, 6) is 5.21. The van der Waals surface area contributed by atoms with Gasteiger partial charge in [-0.2, -0.15) is 5.10 Å². The van der Waals surface area contributed by atoms with Gasteiger partial charge in [0.15, 0.2) is 0 Å². The second kappa shape index (κ2) is 10.8. The highest BCUT2D eigenvalue weighted by Crippen LogP contribution is 2.14. The van der Waals surface area contributed by atoms with Crippen LogP contribution in [0.2, 0.25) is 0 Å². The standard InChI is InChI=1S/C28H21N3O4/c1-35-28(34)23-11-5-7-20(17-23)13-14-21-8-6-12-24(18-21)29-26(32)19-31-27(33)16-15-25(30-31)22-9-3-2-4-10-22/h2-12,15-18H,19H2,1H3,(H,29,32). The summed E-state index contributed by atoms with van der Waals surface area (Å²) in [4.78, 5) is 36.5. The Morgan fingerprint density at radius 1 is 0.886 bits per heavy atom. The molecule has 7 nitrogen and oxygen atoms in total. The van der Waals surface area contributed by atoms with Gasteiger partial charge in [-0.1, -0.05) is 54.3 Å². The van der Waals surface area contributed by atoms with E-state index in [0.29, 0.717) is 28.1 Å². The molecule has 0 unspecified atom stereocenters. The zero-order chi connectivity index (χ0) is 24.6. The SMILES string of the molecule is COC(=O)c1cccc(C#Cc2cccc(NC(=O)Cn3nc(-c4ccccc4)ccc3=O)c2)c1. The summed E-state index contributed by atoms with van der Waals surface area (Å²) >= 11 is 0. The van der Waals surface area contributed by atoms with Crippen molar-refractivity contribution in [2.45, 2.75) is 6.54 Å². The van der Waals surface area contributed by atoms with Gasteiger partial charge in [-0.3, -0.25) is 9.59 Å². The zero-order valence-corrected chi connectivity index (χ0v) is 18.9. The van der Waals surface area contributed by atoms with Crippen molar-refractivity contribution in [2.24, 2.45) is 0 Å². The monoisotopic (exact) mass is 463 g/mol. The number of benzene rings is 3. The minimum absolute atomic E-state index is 0.226. The van der Waals surface area contributed by atoms with Crippen molar-refractivity contribution in [3.63, 3.8) is 0 Å². The number of hydrogen-bond acceptors (Lipinski definition) is 5. The van der Waals surface area contributed by atoms with Crippen LogP contribution in [0.4, 0.5) is 5.69 Å². The van der Waals surface area contributed by atoms with Gasteiger partial charge in [0.1, 0.15) is 6.54 Å². The van der Waals surface area contributed by atoms with Gasteiger partial charge in [0.25, 0.3) is 5.56 Å². The Morgan fingerprint density at radius 2 is 1.60 bits per heavy atom. The van der Waals surface area contributed by atoms with Gasteiger partial charge >= 0.3 is 5.97 Å². The highest BCUT2D eigenvalue weighted by atomic mass is 16.5. The highest BCUT2D eigenvalue weighted by molar-refractivity contribution is 5.91. The summed E-state index contributed by atoms with van der Waals surface area (Å²) in [6, 6.07) is 26.3. The van der Waals surface area contributed by atoms with Gasteiger partial charge in [-0.05, 0) is 42.5 Å². The first kappa shape index (κ1) is 23.2. The summed E-state index contributed by atoms with van der Waals surface area (Å²) in [6.45, 7) is -0.226. The van der Waals surface area contributed by atoms with Crippen molar-refractivity contribution in [1.29, 1.82) is 0 Å². The molecule has 0 saturated carbocycles. The molecule has 1 heterocycles. The molecule has 0 aliphatic rings. The Balaban J connectivity index is 1.46. The summed E-state index contributed by atoms with van der Waals surface area (Å²) in [5, 5.41) is 7.10. The average Bonchev–Trinajstić information content (AvgIpc) is 2.89. The molecule has 172 valence electrons. The number of nitrogens with one attached hydrogen (secondary N) is 1.